The normalized spacial score (nSPS) is 14.0. The lowest BCUT2D eigenvalue weighted by Crippen LogP contribution is -2.30. The molecule has 1 unspecified atom stereocenters. The van der Waals surface area contributed by atoms with Gasteiger partial charge in [0.25, 0.3) is 0 Å². The number of ether oxygens (including phenoxy) is 1. The second-order valence-corrected chi connectivity index (χ2v) is 8.12. The van der Waals surface area contributed by atoms with Crippen LogP contribution < -0.4 is 5.32 Å². The SMILES string of the molecule is O=C(O)CCP(=O)(O)[C@H](NC(=O)OCc1ccccc1)c1ccccc1. The third kappa shape index (κ3) is 6.02. The molecule has 2 atom stereocenters. The van der Waals surface area contributed by atoms with Crippen molar-refractivity contribution in [1.82, 2.24) is 5.32 Å². The van der Waals surface area contributed by atoms with Gasteiger partial charge in [0.2, 0.25) is 7.37 Å². The van der Waals surface area contributed by atoms with E-state index in [9.17, 15) is 19.0 Å². The van der Waals surface area contributed by atoms with Crippen LogP contribution in [-0.4, -0.2) is 28.2 Å². The van der Waals surface area contributed by atoms with Crippen LogP contribution >= 0.6 is 7.37 Å². The second kappa shape index (κ2) is 9.17. The summed E-state index contributed by atoms with van der Waals surface area (Å²) in [6, 6.07) is 17.2. The Kier molecular flexibility index (Phi) is 6.95. The quantitative estimate of drug-likeness (QED) is 0.608. The predicted molar refractivity (Wildman–Crippen MR) is 95.9 cm³/mol. The first-order valence-electron chi connectivity index (χ1n) is 7.94. The Morgan fingerprint density at radius 2 is 1.62 bits per heavy atom. The van der Waals surface area contributed by atoms with Crippen molar-refractivity contribution in [2.24, 2.45) is 0 Å². The van der Waals surface area contributed by atoms with Gasteiger partial charge in [-0.2, -0.15) is 0 Å². The number of benzene rings is 2. The Hall–Kier alpha value is -2.63. The molecule has 1 amide bonds. The lowest BCUT2D eigenvalue weighted by Gasteiger charge is -2.24. The lowest BCUT2D eigenvalue weighted by molar-refractivity contribution is -0.136. The van der Waals surface area contributed by atoms with E-state index in [1.165, 1.54) is 0 Å². The first-order valence-corrected chi connectivity index (χ1v) is 9.85. The van der Waals surface area contributed by atoms with Crippen LogP contribution in [0.15, 0.2) is 60.7 Å². The molecule has 0 aliphatic rings. The zero-order chi connectivity index (χ0) is 19.0. The van der Waals surface area contributed by atoms with E-state index in [1.54, 1.807) is 54.6 Å². The summed E-state index contributed by atoms with van der Waals surface area (Å²) in [7, 11) is -4.02. The van der Waals surface area contributed by atoms with Crippen molar-refractivity contribution < 1.29 is 28.9 Å². The molecule has 2 rings (SSSR count). The molecular weight excluding hydrogens is 357 g/mol. The molecule has 3 N–H and O–H groups in total. The molecule has 7 nitrogen and oxygen atoms in total. The molecule has 2 aromatic rings. The number of hydrogen-bond acceptors (Lipinski definition) is 4. The average Bonchev–Trinajstić information content (AvgIpc) is 2.64. The van der Waals surface area contributed by atoms with E-state index >= 15 is 0 Å². The predicted octanol–water partition coefficient (Wildman–Crippen LogP) is 3.36. The van der Waals surface area contributed by atoms with Crippen molar-refractivity contribution in [1.29, 1.82) is 0 Å². The molecule has 0 aliphatic heterocycles. The fourth-order valence-corrected chi connectivity index (χ4v) is 4.03. The molecule has 0 spiro atoms. The van der Waals surface area contributed by atoms with E-state index in [-0.39, 0.29) is 6.61 Å². The fraction of sp³-hybridized carbons (Fsp3) is 0.222. The van der Waals surface area contributed by atoms with Gasteiger partial charge in [-0.15, -0.1) is 0 Å². The molecule has 0 fully saturated rings. The minimum absolute atomic E-state index is 0.0129. The number of amides is 1. The van der Waals surface area contributed by atoms with E-state index in [2.05, 4.69) is 5.32 Å². The van der Waals surface area contributed by atoms with Gasteiger partial charge >= 0.3 is 12.1 Å². The first kappa shape index (κ1) is 19.7. The molecule has 138 valence electrons. The molecule has 0 aromatic heterocycles. The highest BCUT2D eigenvalue weighted by Crippen LogP contribution is 2.54. The van der Waals surface area contributed by atoms with E-state index in [0.29, 0.717) is 5.56 Å². The highest BCUT2D eigenvalue weighted by atomic mass is 31.2. The van der Waals surface area contributed by atoms with Crippen molar-refractivity contribution in [2.75, 3.05) is 6.16 Å². The summed E-state index contributed by atoms with van der Waals surface area (Å²) in [6.07, 6.45) is -1.79. The number of hydrogen-bond donors (Lipinski definition) is 3. The Morgan fingerprint density at radius 3 is 2.19 bits per heavy atom. The number of carboxylic acids is 1. The molecule has 0 bridgehead atoms. The van der Waals surface area contributed by atoms with E-state index in [0.717, 1.165) is 5.56 Å². The van der Waals surface area contributed by atoms with Gasteiger partial charge in [-0.05, 0) is 11.1 Å². The zero-order valence-electron chi connectivity index (χ0n) is 13.9. The minimum Gasteiger partial charge on any atom is -0.481 e. The van der Waals surface area contributed by atoms with Gasteiger partial charge in [0.15, 0.2) is 0 Å². The topological polar surface area (TPSA) is 113 Å². The molecule has 0 aliphatic carbocycles. The number of carbonyl (C=O) groups excluding carboxylic acids is 1. The van der Waals surface area contributed by atoms with Crippen molar-refractivity contribution in [2.45, 2.75) is 18.8 Å². The molecule has 8 heteroatoms. The largest absolute Gasteiger partial charge is 0.481 e. The summed E-state index contributed by atoms with van der Waals surface area (Å²) in [5.74, 6) is -2.43. The smallest absolute Gasteiger partial charge is 0.408 e. The van der Waals surface area contributed by atoms with Crippen molar-refractivity contribution in [3.05, 3.63) is 71.8 Å². The summed E-state index contributed by atoms with van der Waals surface area (Å²) < 4.78 is 17.8. The summed E-state index contributed by atoms with van der Waals surface area (Å²) in [4.78, 5) is 33.2. The molecule has 0 saturated carbocycles. The number of carbonyl (C=O) groups is 2. The van der Waals surface area contributed by atoms with Crippen LogP contribution in [0, 0.1) is 0 Å². The number of rotatable bonds is 8. The highest BCUT2D eigenvalue weighted by molar-refractivity contribution is 7.58. The number of alkyl carbamates (subject to hydrolysis) is 1. The Labute approximate surface area is 151 Å². The van der Waals surface area contributed by atoms with Gasteiger partial charge in [0, 0.05) is 6.16 Å². The minimum atomic E-state index is -4.02. The van der Waals surface area contributed by atoms with E-state index in [4.69, 9.17) is 9.84 Å². The number of nitrogens with one attached hydrogen (secondary N) is 1. The van der Waals surface area contributed by atoms with Crippen molar-refractivity contribution >= 4 is 19.4 Å². The Balaban J connectivity index is 2.09. The summed E-state index contributed by atoms with van der Waals surface area (Å²) in [6.45, 7) is 0.0129. The molecular formula is C18H20NO6P. The van der Waals surface area contributed by atoms with Crippen LogP contribution in [0.4, 0.5) is 4.79 Å². The Bertz CT molecular complexity index is 781. The van der Waals surface area contributed by atoms with Gasteiger partial charge in [0.1, 0.15) is 12.4 Å². The fourth-order valence-electron chi connectivity index (χ4n) is 2.31. The van der Waals surface area contributed by atoms with Gasteiger partial charge in [0.05, 0.1) is 6.42 Å². The molecule has 0 radical (unpaired) electrons. The lowest BCUT2D eigenvalue weighted by atomic mass is 10.2. The van der Waals surface area contributed by atoms with Gasteiger partial charge in [-0.25, -0.2) is 4.79 Å². The highest BCUT2D eigenvalue weighted by Gasteiger charge is 2.34. The molecule has 2 aromatic carbocycles. The van der Waals surface area contributed by atoms with Crippen LogP contribution in [0.3, 0.4) is 0 Å². The van der Waals surface area contributed by atoms with Crippen molar-refractivity contribution in [3.63, 3.8) is 0 Å². The van der Waals surface area contributed by atoms with E-state index < -0.39 is 37.8 Å². The number of carboxylic acid groups (broad SMARTS) is 1. The third-order valence-electron chi connectivity index (χ3n) is 3.63. The van der Waals surface area contributed by atoms with Gasteiger partial charge < -0.3 is 20.1 Å². The number of aliphatic carboxylic acids is 1. The molecule has 0 saturated heterocycles. The molecule has 0 heterocycles. The summed E-state index contributed by atoms with van der Waals surface area (Å²) in [5, 5.41) is 11.2. The summed E-state index contributed by atoms with van der Waals surface area (Å²) >= 11 is 0. The van der Waals surface area contributed by atoms with Crippen LogP contribution in [0.1, 0.15) is 23.3 Å². The maximum Gasteiger partial charge on any atom is 0.408 e. The van der Waals surface area contributed by atoms with Crippen LogP contribution in [-0.2, 0) is 20.7 Å². The summed E-state index contributed by atoms with van der Waals surface area (Å²) in [5.41, 5.74) is 1.18. The van der Waals surface area contributed by atoms with Crippen molar-refractivity contribution in [3.8, 4) is 0 Å². The average molecular weight is 377 g/mol. The maximum absolute atomic E-state index is 12.7. The van der Waals surface area contributed by atoms with Crippen LogP contribution in [0.2, 0.25) is 0 Å². The standard InChI is InChI=1S/C18H20NO6P/c20-16(21)11-12-26(23,24)17(15-9-5-2-6-10-15)19-18(22)25-13-14-7-3-1-4-8-14/h1-10,17H,11-13H2,(H,19,22)(H,20,21)(H,23,24)/t17-/m0/s1. The second-order valence-electron chi connectivity index (χ2n) is 5.64. The third-order valence-corrected chi connectivity index (χ3v) is 5.73. The Morgan fingerprint density at radius 1 is 1.04 bits per heavy atom. The van der Waals surface area contributed by atoms with Gasteiger partial charge in [-0.3, -0.25) is 9.36 Å². The zero-order valence-corrected chi connectivity index (χ0v) is 14.8. The maximum atomic E-state index is 12.7. The van der Waals surface area contributed by atoms with Gasteiger partial charge in [-0.1, -0.05) is 60.7 Å². The molecule has 26 heavy (non-hydrogen) atoms. The van der Waals surface area contributed by atoms with Crippen LogP contribution in [0.25, 0.3) is 0 Å². The van der Waals surface area contributed by atoms with Crippen LogP contribution in [0.5, 0.6) is 0 Å². The monoisotopic (exact) mass is 377 g/mol. The van der Waals surface area contributed by atoms with E-state index in [1.807, 2.05) is 6.07 Å². The first-order chi connectivity index (χ1) is 12.4.